The summed E-state index contributed by atoms with van der Waals surface area (Å²) < 4.78 is 1.04. The van der Waals surface area contributed by atoms with Crippen LogP contribution in [0.1, 0.15) is 50.5 Å². The fourth-order valence-corrected chi connectivity index (χ4v) is 4.11. The van der Waals surface area contributed by atoms with Crippen molar-refractivity contribution in [1.82, 2.24) is 15.1 Å². The predicted octanol–water partition coefficient (Wildman–Crippen LogP) is 3.87. The predicted molar refractivity (Wildman–Crippen MR) is 101 cm³/mol. The molecule has 0 bridgehead atoms. The molecule has 0 radical (unpaired) electrons. The first-order valence-corrected chi connectivity index (χ1v) is 9.87. The number of carbonyl (C=O) groups excluding carboxylic acids is 2. The Morgan fingerprint density at radius 1 is 1.08 bits per heavy atom. The molecule has 1 aliphatic heterocycles. The summed E-state index contributed by atoms with van der Waals surface area (Å²) in [6.07, 6.45) is 7.08. The first-order valence-electron chi connectivity index (χ1n) is 9.07. The number of urea groups is 1. The molecule has 1 saturated heterocycles. The largest absolute Gasteiger partial charge is 0.326 e. The fourth-order valence-electron chi connectivity index (χ4n) is 3.85. The van der Waals surface area contributed by atoms with Crippen molar-refractivity contribution in [1.29, 1.82) is 0 Å². The molecular formula is C19H26BrN3O2. The molecule has 1 aromatic rings. The third-order valence-corrected chi connectivity index (χ3v) is 5.73. The standard InChI is InChI=1S/C19H26BrN3O2/c1-22(13-15-7-9-16(20)10-8-15)14-23-17(24)19(21-18(23)25)11-5-3-2-4-6-12-19/h7-10H,2-6,11-14H2,1H3,(H,21,25). The third kappa shape index (κ3) is 4.23. The highest BCUT2D eigenvalue weighted by molar-refractivity contribution is 9.10. The molecule has 1 aromatic carbocycles. The van der Waals surface area contributed by atoms with Crippen LogP contribution in [0.5, 0.6) is 0 Å². The highest BCUT2D eigenvalue weighted by atomic mass is 79.9. The fraction of sp³-hybridized carbons (Fsp3) is 0.579. The van der Waals surface area contributed by atoms with Crippen LogP contribution >= 0.6 is 15.9 Å². The van der Waals surface area contributed by atoms with Crippen LogP contribution in [0, 0.1) is 0 Å². The number of halogens is 1. The van der Waals surface area contributed by atoms with E-state index in [1.54, 1.807) is 0 Å². The van der Waals surface area contributed by atoms with Crippen molar-refractivity contribution in [3.05, 3.63) is 34.3 Å². The van der Waals surface area contributed by atoms with E-state index in [1.807, 2.05) is 36.2 Å². The molecule has 3 rings (SSSR count). The Bertz CT molecular complexity index is 624. The molecule has 1 saturated carbocycles. The van der Waals surface area contributed by atoms with E-state index in [0.29, 0.717) is 13.2 Å². The van der Waals surface area contributed by atoms with Gasteiger partial charge in [0.1, 0.15) is 5.54 Å². The number of carbonyl (C=O) groups is 2. The third-order valence-electron chi connectivity index (χ3n) is 5.20. The second-order valence-corrected chi connectivity index (χ2v) is 8.21. The van der Waals surface area contributed by atoms with Crippen LogP contribution in [0.2, 0.25) is 0 Å². The van der Waals surface area contributed by atoms with E-state index in [1.165, 1.54) is 11.3 Å². The molecule has 0 atom stereocenters. The SMILES string of the molecule is CN(Cc1ccc(Br)cc1)CN1C(=O)NC2(CCCCCCC2)C1=O. The van der Waals surface area contributed by atoms with E-state index < -0.39 is 5.54 Å². The van der Waals surface area contributed by atoms with Crippen LogP contribution in [0.3, 0.4) is 0 Å². The monoisotopic (exact) mass is 407 g/mol. The van der Waals surface area contributed by atoms with Gasteiger partial charge in [0.05, 0.1) is 6.67 Å². The maximum Gasteiger partial charge on any atom is 0.326 e. The number of amides is 3. The van der Waals surface area contributed by atoms with Gasteiger partial charge in [0.25, 0.3) is 5.91 Å². The Kier molecular flexibility index (Phi) is 5.79. The zero-order valence-electron chi connectivity index (χ0n) is 14.8. The van der Waals surface area contributed by atoms with Crippen molar-refractivity contribution in [2.75, 3.05) is 13.7 Å². The lowest BCUT2D eigenvalue weighted by molar-refractivity contribution is -0.133. The summed E-state index contributed by atoms with van der Waals surface area (Å²) >= 11 is 3.43. The van der Waals surface area contributed by atoms with Crippen LogP contribution < -0.4 is 5.32 Å². The Morgan fingerprint density at radius 3 is 2.32 bits per heavy atom. The quantitative estimate of drug-likeness (QED) is 0.770. The summed E-state index contributed by atoms with van der Waals surface area (Å²) in [6.45, 7) is 1.01. The van der Waals surface area contributed by atoms with Crippen LogP contribution in [0.25, 0.3) is 0 Å². The summed E-state index contributed by atoms with van der Waals surface area (Å²) in [5.74, 6) is -0.0398. The van der Waals surface area contributed by atoms with Crippen molar-refractivity contribution in [3.8, 4) is 0 Å². The van der Waals surface area contributed by atoms with Crippen molar-refractivity contribution in [2.45, 2.75) is 57.0 Å². The maximum atomic E-state index is 13.0. The summed E-state index contributed by atoms with van der Waals surface area (Å²) in [6, 6.07) is 7.85. The molecule has 1 N–H and O–H groups in total. The normalized spacial score (nSPS) is 20.7. The van der Waals surface area contributed by atoms with Gasteiger partial charge in [-0.3, -0.25) is 9.69 Å². The van der Waals surface area contributed by atoms with Crippen molar-refractivity contribution >= 4 is 27.9 Å². The topological polar surface area (TPSA) is 52.6 Å². The molecule has 1 aliphatic carbocycles. The minimum Gasteiger partial charge on any atom is -0.323 e. The van der Waals surface area contributed by atoms with Gasteiger partial charge in [-0.05, 0) is 37.6 Å². The average molecular weight is 408 g/mol. The lowest BCUT2D eigenvalue weighted by Crippen LogP contribution is -2.48. The van der Waals surface area contributed by atoms with Crippen molar-refractivity contribution < 1.29 is 9.59 Å². The maximum absolute atomic E-state index is 13.0. The molecule has 2 aliphatic rings. The number of nitrogens with zero attached hydrogens (tertiary/aromatic N) is 2. The van der Waals surface area contributed by atoms with Gasteiger partial charge in [-0.15, -0.1) is 0 Å². The smallest absolute Gasteiger partial charge is 0.323 e. The number of benzene rings is 1. The average Bonchev–Trinajstić information content (AvgIpc) is 2.78. The molecule has 25 heavy (non-hydrogen) atoms. The Labute approximate surface area is 157 Å². The van der Waals surface area contributed by atoms with Crippen LogP contribution in [0.4, 0.5) is 4.79 Å². The van der Waals surface area contributed by atoms with Gasteiger partial charge < -0.3 is 5.32 Å². The summed E-state index contributed by atoms with van der Waals surface area (Å²) in [7, 11) is 1.94. The van der Waals surface area contributed by atoms with Crippen LogP contribution in [-0.2, 0) is 11.3 Å². The Morgan fingerprint density at radius 2 is 1.68 bits per heavy atom. The van der Waals surface area contributed by atoms with Gasteiger partial charge in [-0.25, -0.2) is 9.69 Å². The van der Waals surface area contributed by atoms with Crippen molar-refractivity contribution in [2.24, 2.45) is 0 Å². The van der Waals surface area contributed by atoms with Gasteiger partial charge in [-0.1, -0.05) is 60.2 Å². The highest BCUT2D eigenvalue weighted by Crippen LogP contribution is 2.32. The van der Waals surface area contributed by atoms with Gasteiger partial charge in [0, 0.05) is 11.0 Å². The van der Waals surface area contributed by atoms with E-state index in [-0.39, 0.29) is 11.9 Å². The minimum atomic E-state index is -0.657. The molecular weight excluding hydrogens is 382 g/mol. The number of imide groups is 1. The van der Waals surface area contributed by atoms with E-state index in [0.717, 1.165) is 48.6 Å². The number of rotatable bonds is 4. The molecule has 5 nitrogen and oxygen atoms in total. The summed E-state index contributed by atoms with van der Waals surface area (Å²) in [4.78, 5) is 28.8. The molecule has 6 heteroatoms. The van der Waals surface area contributed by atoms with E-state index in [2.05, 4.69) is 21.2 Å². The summed E-state index contributed by atoms with van der Waals surface area (Å²) in [5.41, 5.74) is 0.495. The summed E-state index contributed by atoms with van der Waals surface area (Å²) in [5, 5.41) is 3.02. The van der Waals surface area contributed by atoms with E-state index in [4.69, 9.17) is 0 Å². The second kappa shape index (κ2) is 7.87. The lowest BCUT2D eigenvalue weighted by atomic mass is 9.84. The molecule has 1 heterocycles. The Balaban J connectivity index is 1.64. The van der Waals surface area contributed by atoms with Crippen molar-refractivity contribution in [3.63, 3.8) is 0 Å². The molecule has 0 unspecified atom stereocenters. The molecule has 1 spiro atoms. The van der Waals surface area contributed by atoms with Crippen LogP contribution in [-0.4, -0.2) is 41.0 Å². The molecule has 136 valence electrons. The van der Waals surface area contributed by atoms with Gasteiger partial charge in [-0.2, -0.15) is 0 Å². The zero-order chi connectivity index (χ0) is 17.9. The van der Waals surface area contributed by atoms with E-state index >= 15 is 0 Å². The van der Waals surface area contributed by atoms with E-state index in [9.17, 15) is 9.59 Å². The number of nitrogens with one attached hydrogen (secondary N) is 1. The minimum absolute atomic E-state index is 0.0398. The second-order valence-electron chi connectivity index (χ2n) is 7.30. The Hall–Kier alpha value is -1.40. The number of hydrogen-bond donors (Lipinski definition) is 1. The van der Waals surface area contributed by atoms with Gasteiger partial charge in [0.2, 0.25) is 0 Å². The van der Waals surface area contributed by atoms with Gasteiger partial charge >= 0.3 is 6.03 Å². The first kappa shape index (κ1) is 18.4. The zero-order valence-corrected chi connectivity index (χ0v) is 16.3. The molecule has 0 aromatic heterocycles. The lowest BCUT2D eigenvalue weighted by Gasteiger charge is -2.29. The highest BCUT2D eigenvalue weighted by Gasteiger charge is 2.50. The van der Waals surface area contributed by atoms with Gasteiger partial charge in [0.15, 0.2) is 0 Å². The molecule has 3 amide bonds. The molecule has 2 fully saturated rings. The first-order chi connectivity index (χ1) is 12.0. The number of hydrogen-bond acceptors (Lipinski definition) is 3. The van der Waals surface area contributed by atoms with Crippen LogP contribution in [0.15, 0.2) is 28.7 Å².